The van der Waals surface area contributed by atoms with Crippen molar-refractivity contribution in [1.82, 2.24) is 15.3 Å². The number of nitrogens with zero attached hydrogens (tertiary/aromatic N) is 3. The van der Waals surface area contributed by atoms with Crippen molar-refractivity contribution in [3.63, 3.8) is 0 Å². The predicted molar refractivity (Wildman–Crippen MR) is 75.5 cm³/mol. The van der Waals surface area contributed by atoms with Crippen LogP contribution >= 0.6 is 0 Å². The van der Waals surface area contributed by atoms with Gasteiger partial charge in [-0.3, -0.25) is 4.79 Å². The fraction of sp³-hybridized carbons (Fsp3) is 0.667. The Kier molecular flexibility index (Phi) is 2.86. The average Bonchev–Trinajstić information content (AvgIpc) is 3.31. The molecule has 2 atom stereocenters. The lowest BCUT2D eigenvalue weighted by atomic mass is 9.87. The molecule has 3 fully saturated rings. The zero-order valence-corrected chi connectivity index (χ0v) is 11.6. The van der Waals surface area contributed by atoms with Crippen LogP contribution in [-0.2, 0) is 4.79 Å². The second kappa shape index (κ2) is 4.72. The number of carbonyl (C=O) groups is 1. The van der Waals surface area contributed by atoms with E-state index >= 15 is 0 Å². The van der Waals surface area contributed by atoms with Gasteiger partial charge in [0, 0.05) is 18.2 Å². The highest BCUT2D eigenvalue weighted by molar-refractivity contribution is 5.83. The van der Waals surface area contributed by atoms with E-state index < -0.39 is 0 Å². The quantitative estimate of drug-likeness (QED) is 0.888. The van der Waals surface area contributed by atoms with Crippen LogP contribution in [0.25, 0.3) is 0 Å². The fourth-order valence-electron chi connectivity index (χ4n) is 3.49. The second-order valence-corrected chi connectivity index (χ2v) is 6.20. The number of aromatic nitrogens is 2. The largest absolute Gasteiger partial charge is 0.350 e. The smallest absolute Gasteiger partial charge is 0.239 e. The first kappa shape index (κ1) is 12.1. The summed E-state index contributed by atoms with van der Waals surface area (Å²) < 4.78 is 0. The molecule has 5 heteroatoms. The van der Waals surface area contributed by atoms with Gasteiger partial charge in [0.25, 0.3) is 0 Å². The van der Waals surface area contributed by atoms with Gasteiger partial charge in [0.15, 0.2) is 0 Å². The molecule has 106 valence electrons. The number of piperazine rings is 1. The van der Waals surface area contributed by atoms with E-state index in [0.29, 0.717) is 24.5 Å². The highest BCUT2D eigenvalue weighted by Crippen LogP contribution is 2.38. The molecule has 3 aliphatic rings. The Bertz CT molecular complexity index is 528. The number of amides is 1. The van der Waals surface area contributed by atoms with Crippen LogP contribution in [0.4, 0.5) is 5.82 Å². The minimum absolute atomic E-state index is 0.125. The van der Waals surface area contributed by atoms with Gasteiger partial charge in [0.1, 0.15) is 11.6 Å². The Morgan fingerprint density at radius 2 is 2.05 bits per heavy atom. The molecular formula is C15H20N4O. The lowest BCUT2D eigenvalue weighted by Crippen LogP contribution is -2.62. The van der Waals surface area contributed by atoms with Crippen molar-refractivity contribution in [2.24, 2.45) is 0 Å². The first-order valence-corrected chi connectivity index (χ1v) is 7.70. The van der Waals surface area contributed by atoms with Crippen LogP contribution in [0.1, 0.15) is 50.3 Å². The second-order valence-electron chi connectivity index (χ2n) is 6.20. The summed E-state index contributed by atoms with van der Waals surface area (Å²) in [4.78, 5) is 23.2. The summed E-state index contributed by atoms with van der Waals surface area (Å²) in [5.41, 5.74) is 0. The summed E-state index contributed by atoms with van der Waals surface area (Å²) in [6, 6.07) is 2.66. The number of fused-ring (bicyclic) bond motifs is 1. The maximum atomic E-state index is 11.9. The minimum atomic E-state index is 0.125. The van der Waals surface area contributed by atoms with Crippen LogP contribution in [0.15, 0.2) is 12.3 Å². The standard InChI is InChI=1S/C15H20N4O/c20-14-9-19(12-4-2-1-3-11(12)17-14)13-7-8-16-15(18-13)10-5-6-10/h7-8,10-12H,1-6,9H2,(H,17,20)/t11-,12-/m0/s1. The molecule has 1 saturated heterocycles. The molecule has 2 heterocycles. The Labute approximate surface area is 118 Å². The molecule has 4 rings (SSSR count). The minimum Gasteiger partial charge on any atom is -0.350 e. The van der Waals surface area contributed by atoms with Gasteiger partial charge in [0.2, 0.25) is 5.91 Å². The van der Waals surface area contributed by atoms with Crippen molar-refractivity contribution in [2.75, 3.05) is 11.4 Å². The molecule has 1 amide bonds. The summed E-state index contributed by atoms with van der Waals surface area (Å²) in [6.45, 7) is 0.433. The third-order valence-corrected chi connectivity index (χ3v) is 4.69. The summed E-state index contributed by atoms with van der Waals surface area (Å²) in [5.74, 6) is 2.57. The number of hydrogen-bond acceptors (Lipinski definition) is 4. The van der Waals surface area contributed by atoms with Crippen LogP contribution in [0.3, 0.4) is 0 Å². The molecule has 5 nitrogen and oxygen atoms in total. The normalized spacial score (nSPS) is 29.8. The van der Waals surface area contributed by atoms with Crippen LogP contribution in [-0.4, -0.2) is 34.5 Å². The third-order valence-electron chi connectivity index (χ3n) is 4.69. The maximum Gasteiger partial charge on any atom is 0.239 e. The van der Waals surface area contributed by atoms with Crippen LogP contribution < -0.4 is 10.2 Å². The summed E-state index contributed by atoms with van der Waals surface area (Å²) in [5, 5.41) is 3.14. The highest BCUT2D eigenvalue weighted by Gasteiger charge is 2.37. The van der Waals surface area contributed by atoms with Crippen molar-refractivity contribution in [2.45, 2.75) is 56.5 Å². The summed E-state index contributed by atoms with van der Waals surface area (Å²) >= 11 is 0. The Morgan fingerprint density at radius 1 is 1.20 bits per heavy atom. The highest BCUT2D eigenvalue weighted by atomic mass is 16.2. The zero-order valence-electron chi connectivity index (χ0n) is 11.6. The van der Waals surface area contributed by atoms with E-state index in [1.807, 2.05) is 12.3 Å². The van der Waals surface area contributed by atoms with Crippen molar-refractivity contribution >= 4 is 11.7 Å². The maximum absolute atomic E-state index is 11.9. The van der Waals surface area contributed by atoms with Crippen molar-refractivity contribution in [3.05, 3.63) is 18.1 Å². The number of anilines is 1. The molecule has 1 aromatic rings. The van der Waals surface area contributed by atoms with Gasteiger partial charge in [-0.25, -0.2) is 9.97 Å². The van der Waals surface area contributed by atoms with Gasteiger partial charge in [-0.1, -0.05) is 12.8 Å². The summed E-state index contributed by atoms with van der Waals surface area (Å²) in [6.07, 6.45) is 8.95. The van der Waals surface area contributed by atoms with E-state index in [0.717, 1.165) is 24.5 Å². The average molecular weight is 272 g/mol. The SMILES string of the molecule is O=C1CN(c2ccnc(C3CC3)n2)[C@H]2CCCC[C@@H]2N1. The van der Waals surface area contributed by atoms with Gasteiger partial charge in [-0.15, -0.1) is 0 Å². The number of rotatable bonds is 2. The van der Waals surface area contributed by atoms with E-state index in [9.17, 15) is 4.79 Å². The van der Waals surface area contributed by atoms with Crippen molar-refractivity contribution in [1.29, 1.82) is 0 Å². The predicted octanol–water partition coefficient (Wildman–Crippen LogP) is 1.60. The number of carbonyl (C=O) groups excluding carboxylic acids is 1. The number of nitrogens with one attached hydrogen (secondary N) is 1. The van der Waals surface area contributed by atoms with Gasteiger partial charge in [-0.05, 0) is 31.7 Å². The van der Waals surface area contributed by atoms with Gasteiger partial charge in [-0.2, -0.15) is 0 Å². The van der Waals surface area contributed by atoms with E-state index in [1.165, 1.54) is 25.7 Å². The van der Waals surface area contributed by atoms with E-state index in [4.69, 9.17) is 4.98 Å². The zero-order chi connectivity index (χ0) is 13.5. The molecule has 0 spiro atoms. The molecule has 0 unspecified atom stereocenters. The van der Waals surface area contributed by atoms with E-state index in [-0.39, 0.29) is 5.91 Å². The van der Waals surface area contributed by atoms with Crippen LogP contribution in [0, 0.1) is 0 Å². The molecule has 20 heavy (non-hydrogen) atoms. The van der Waals surface area contributed by atoms with Crippen molar-refractivity contribution < 1.29 is 4.79 Å². The number of hydrogen-bond donors (Lipinski definition) is 1. The molecule has 1 N–H and O–H groups in total. The van der Waals surface area contributed by atoms with Gasteiger partial charge < -0.3 is 10.2 Å². The van der Waals surface area contributed by atoms with E-state index in [2.05, 4.69) is 15.2 Å². The monoisotopic (exact) mass is 272 g/mol. The van der Waals surface area contributed by atoms with Crippen LogP contribution in [0.2, 0.25) is 0 Å². The Balaban J connectivity index is 1.64. The molecule has 1 aliphatic heterocycles. The van der Waals surface area contributed by atoms with Gasteiger partial charge >= 0.3 is 0 Å². The van der Waals surface area contributed by atoms with Crippen molar-refractivity contribution in [3.8, 4) is 0 Å². The first-order valence-electron chi connectivity index (χ1n) is 7.70. The first-order chi connectivity index (χ1) is 9.81. The van der Waals surface area contributed by atoms with E-state index in [1.54, 1.807) is 0 Å². The van der Waals surface area contributed by atoms with Crippen LogP contribution in [0.5, 0.6) is 0 Å². The Morgan fingerprint density at radius 3 is 2.90 bits per heavy atom. The van der Waals surface area contributed by atoms with Gasteiger partial charge in [0.05, 0.1) is 12.6 Å². The summed E-state index contributed by atoms with van der Waals surface area (Å²) in [7, 11) is 0. The molecule has 1 aromatic heterocycles. The topological polar surface area (TPSA) is 58.1 Å². The Hall–Kier alpha value is -1.65. The third kappa shape index (κ3) is 2.15. The lowest BCUT2D eigenvalue weighted by Gasteiger charge is -2.44. The lowest BCUT2D eigenvalue weighted by molar-refractivity contribution is -0.122. The molecule has 2 saturated carbocycles. The molecule has 0 radical (unpaired) electrons. The molecule has 0 aromatic carbocycles. The molecule has 2 aliphatic carbocycles. The molecular weight excluding hydrogens is 252 g/mol. The molecule has 0 bridgehead atoms. The fourth-order valence-corrected chi connectivity index (χ4v) is 3.49.